The first-order valence-corrected chi connectivity index (χ1v) is 8.48. The molecule has 1 aliphatic carbocycles. The van der Waals surface area contributed by atoms with E-state index in [-0.39, 0.29) is 0 Å². The van der Waals surface area contributed by atoms with Crippen molar-refractivity contribution in [2.24, 2.45) is 5.92 Å². The molecule has 0 spiro atoms. The minimum absolute atomic E-state index is 0.971. The van der Waals surface area contributed by atoms with Crippen LogP contribution in [0, 0.1) is 19.8 Å². The molecule has 2 nitrogen and oxygen atoms in total. The zero-order chi connectivity index (χ0) is 16.3. The van der Waals surface area contributed by atoms with Gasteiger partial charge in [0.1, 0.15) is 0 Å². The molecule has 1 aromatic heterocycles. The number of aryl methyl sites for hydroxylation is 2. The van der Waals surface area contributed by atoms with E-state index < -0.39 is 0 Å². The number of rotatable bonds is 3. The highest BCUT2D eigenvalue weighted by molar-refractivity contribution is 5.49. The molecular formula is C19H34N2. The second-order valence-electron chi connectivity index (χ2n) is 5.79. The van der Waals surface area contributed by atoms with E-state index in [1.807, 2.05) is 33.8 Å². The summed E-state index contributed by atoms with van der Waals surface area (Å²) in [6.45, 7) is 14.3. The highest BCUT2D eigenvalue weighted by Gasteiger charge is 2.14. The van der Waals surface area contributed by atoms with Gasteiger partial charge in [0, 0.05) is 6.20 Å². The topological polar surface area (TPSA) is 25.8 Å². The highest BCUT2D eigenvalue weighted by atomic mass is 14.8. The van der Waals surface area contributed by atoms with Crippen molar-refractivity contribution < 1.29 is 0 Å². The Kier molecular flexibility index (Phi) is 10.8. The van der Waals surface area contributed by atoms with Crippen molar-refractivity contribution in [2.75, 3.05) is 0 Å². The van der Waals surface area contributed by atoms with Crippen molar-refractivity contribution in [3.8, 4) is 0 Å². The van der Waals surface area contributed by atoms with Gasteiger partial charge in [0.15, 0.2) is 0 Å². The van der Waals surface area contributed by atoms with E-state index in [9.17, 15) is 0 Å². The lowest BCUT2D eigenvalue weighted by molar-refractivity contribution is 0.294. The Morgan fingerprint density at radius 2 is 1.86 bits per heavy atom. The van der Waals surface area contributed by atoms with Crippen LogP contribution in [0.1, 0.15) is 83.8 Å². The van der Waals surface area contributed by atoms with Gasteiger partial charge in [0.05, 0.1) is 17.1 Å². The fourth-order valence-corrected chi connectivity index (χ4v) is 2.21. The maximum Gasteiger partial charge on any atom is 0.0841 e. The van der Waals surface area contributed by atoms with Crippen LogP contribution >= 0.6 is 0 Å². The minimum atomic E-state index is 0.971. The van der Waals surface area contributed by atoms with Crippen LogP contribution in [0.3, 0.4) is 0 Å². The van der Waals surface area contributed by atoms with Crippen molar-refractivity contribution in [1.29, 1.82) is 0 Å². The Balaban J connectivity index is 0.000000377. The molecular weight excluding hydrogens is 256 g/mol. The minimum Gasteiger partial charge on any atom is -0.255 e. The summed E-state index contributed by atoms with van der Waals surface area (Å²) in [6.07, 6.45) is 11.3. The second-order valence-corrected chi connectivity index (χ2v) is 5.79. The molecule has 0 unspecified atom stereocenters. The summed E-state index contributed by atoms with van der Waals surface area (Å²) in [5.41, 5.74) is 4.19. The van der Waals surface area contributed by atoms with Gasteiger partial charge < -0.3 is 0 Å². The molecule has 0 atom stereocenters. The van der Waals surface area contributed by atoms with Gasteiger partial charge in [0.2, 0.25) is 0 Å². The van der Waals surface area contributed by atoms with E-state index in [0.29, 0.717) is 0 Å². The number of allylic oxidation sites excluding steroid dienone is 1. The van der Waals surface area contributed by atoms with E-state index in [1.165, 1.54) is 37.7 Å². The fourth-order valence-electron chi connectivity index (χ4n) is 2.21. The molecule has 1 saturated carbocycles. The molecule has 1 aromatic rings. The molecule has 0 radical (unpaired) electrons. The van der Waals surface area contributed by atoms with Crippen LogP contribution in [-0.2, 0) is 0 Å². The van der Waals surface area contributed by atoms with Crippen LogP contribution in [0.2, 0.25) is 0 Å². The fraction of sp³-hybridized carbons (Fsp3) is 0.684. The first-order chi connectivity index (χ1) is 10.0. The third-order valence-corrected chi connectivity index (χ3v) is 3.45. The van der Waals surface area contributed by atoms with Crippen LogP contribution in [0.25, 0.3) is 6.08 Å². The van der Waals surface area contributed by atoms with Crippen molar-refractivity contribution >= 4 is 6.08 Å². The molecule has 120 valence electrons. The lowest BCUT2D eigenvalue weighted by atomic mass is 9.82. The van der Waals surface area contributed by atoms with Gasteiger partial charge in [-0.15, -0.1) is 0 Å². The van der Waals surface area contributed by atoms with Crippen LogP contribution in [0.4, 0.5) is 0 Å². The summed E-state index contributed by atoms with van der Waals surface area (Å²) in [6, 6.07) is 0. The standard InChI is InChI=1S/C10H14N2.C7H14.C2H6/c1-7(2)5-10-9(4)12-8(3)6-11-10;1-2-4-7-5-3-6-7;1-2/h5-6H,1-4H3;7H,2-6H2,1H3;1-2H3. The Morgan fingerprint density at radius 1 is 1.24 bits per heavy atom. The maximum atomic E-state index is 4.32. The van der Waals surface area contributed by atoms with E-state index in [4.69, 9.17) is 0 Å². The van der Waals surface area contributed by atoms with Crippen LogP contribution in [0.15, 0.2) is 11.8 Å². The SMILES string of the molecule is CC.CC(C)=Cc1ncc(C)nc1C.CCCC1CCC1. The molecule has 0 aromatic carbocycles. The normalized spacial score (nSPS) is 13.1. The Labute approximate surface area is 132 Å². The lowest BCUT2D eigenvalue weighted by Gasteiger charge is -2.24. The molecule has 1 fully saturated rings. The Hall–Kier alpha value is -1.18. The number of hydrogen-bond donors (Lipinski definition) is 0. The van der Waals surface area contributed by atoms with Crippen molar-refractivity contribution in [1.82, 2.24) is 9.97 Å². The van der Waals surface area contributed by atoms with Gasteiger partial charge in [0.25, 0.3) is 0 Å². The van der Waals surface area contributed by atoms with Gasteiger partial charge in [-0.2, -0.15) is 0 Å². The quantitative estimate of drug-likeness (QED) is 0.669. The third kappa shape index (κ3) is 8.64. The van der Waals surface area contributed by atoms with Crippen molar-refractivity contribution in [2.45, 2.75) is 80.6 Å². The average molecular weight is 290 g/mol. The van der Waals surface area contributed by atoms with E-state index in [0.717, 1.165) is 23.0 Å². The lowest BCUT2D eigenvalue weighted by Crippen LogP contribution is -2.09. The molecule has 1 heterocycles. The van der Waals surface area contributed by atoms with Gasteiger partial charge >= 0.3 is 0 Å². The predicted molar refractivity (Wildman–Crippen MR) is 94.4 cm³/mol. The summed E-state index contributed by atoms with van der Waals surface area (Å²) in [7, 11) is 0. The van der Waals surface area contributed by atoms with Gasteiger partial charge in [-0.3, -0.25) is 9.97 Å². The molecule has 0 bridgehead atoms. The number of aromatic nitrogens is 2. The zero-order valence-corrected chi connectivity index (χ0v) is 15.2. The largest absolute Gasteiger partial charge is 0.255 e. The molecule has 1 aliphatic rings. The van der Waals surface area contributed by atoms with Gasteiger partial charge in [-0.05, 0) is 39.7 Å². The van der Waals surface area contributed by atoms with E-state index in [1.54, 1.807) is 6.20 Å². The Bertz CT molecular complexity index is 414. The molecule has 0 aliphatic heterocycles. The number of hydrogen-bond acceptors (Lipinski definition) is 2. The predicted octanol–water partition coefficient (Wildman–Crippen LogP) is 6.13. The molecule has 0 saturated heterocycles. The summed E-state index contributed by atoms with van der Waals surface area (Å²) >= 11 is 0. The molecule has 21 heavy (non-hydrogen) atoms. The first-order valence-electron chi connectivity index (χ1n) is 8.48. The molecule has 0 N–H and O–H groups in total. The van der Waals surface area contributed by atoms with Crippen molar-refractivity contribution in [3.05, 3.63) is 28.9 Å². The molecule has 2 rings (SSSR count). The highest BCUT2D eigenvalue weighted by Crippen LogP contribution is 2.29. The molecule has 2 heteroatoms. The monoisotopic (exact) mass is 290 g/mol. The van der Waals surface area contributed by atoms with Crippen LogP contribution < -0.4 is 0 Å². The summed E-state index contributed by atoms with van der Waals surface area (Å²) in [5.74, 6) is 1.13. The zero-order valence-electron chi connectivity index (χ0n) is 15.2. The third-order valence-electron chi connectivity index (χ3n) is 3.45. The van der Waals surface area contributed by atoms with Crippen molar-refractivity contribution in [3.63, 3.8) is 0 Å². The Morgan fingerprint density at radius 3 is 2.19 bits per heavy atom. The summed E-state index contributed by atoms with van der Waals surface area (Å²) in [5, 5.41) is 0. The smallest absolute Gasteiger partial charge is 0.0841 e. The number of nitrogens with zero attached hydrogens (tertiary/aromatic N) is 2. The summed E-state index contributed by atoms with van der Waals surface area (Å²) < 4.78 is 0. The van der Waals surface area contributed by atoms with Gasteiger partial charge in [-0.25, -0.2) is 0 Å². The van der Waals surface area contributed by atoms with Gasteiger partial charge in [-0.1, -0.05) is 58.4 Å². The van der Waals surface area contributed by atoms with E-state index >= 15 is 0 Å². The van der Waals surface area contributed by atoms with E-state index in [2.05, 4.69) is 30.7 Å². The summed E-state index contributed by atoms with van der Waals surface area (Å²) in [4.78, 5) is 8.60. The maximum absolute atomic E-state index is 4.32. The first kappa shape index (κ1) is 19.8. The average Bonchev–Trinajstić information content (AvgIpc) is 2.40. The van der Waals surface area contributed by atoms with Crippen LogP contribution in [0.5, 0.6) is 0 Å². The second kappa shape index (κ2) is 11.5. The van der Waals surface area contributed by atoms with Crippen LogP contribution in [-0.4, -0.2) is 9.97 Å². The molecule has 0 amide bonds.